The van der Waals surface area contributed by atoms with Gasteiger partial charge in [-0.25, -0.2) is 0 Å². The summed E-state index contributed by atoms with van der Waals surface area (Å²) in [5, 5.41) is 0. The zero-order valence-corrected chi connectivity index (χ0v) is 8.98. The van der Waals surface area contributed by atoms with Crippen molar-refractivity contribution >= 4 is 0 Å². The molecule has 3 nitrogen and oxygen atoms in total. The fraction of sp³-hybridized carbons (Fsp3) is 0.583. The SMILES string of the molecule is NCc1ccc(=O)n(C2CCCCC2)c1. The van der Waals surface area contributed by atoms with Gasteiger partial charge in [-0.2, -0.15) is 0 Å². The van der Waals surface area contributed by atoms with Crippen LogP contribution in [0.1, 0.15) is 43.7 Å². The number of rotatable bonds is 2. The first kappa shape index (κ1) is 10.4. The largest absolute Gasteiger partial charge is 0.326 e. The average Bonchev–Trinajstić information content (AvgIpc) is 2.31. The Morgan fingerprint density at radius 2 is 2.00 bits per heavy atom. The lowest BCUT2D eigenvalue weighted by Gasteiger charge is -2.24. The van der Waals surface area contributed by atoms with Crippen LogP contribution in [0.25, 0.3) is 0 Å². The summed E-state index contributed by atoms with van der Waals surface area (Å²) in [6, 6.07) is 3.86. The molecular formula is C12H18N2O. The summed E-state index contributed by atoms with van der Waals surface area (Å²) >= 11 is 0. The second kappa shape index (κ2) is 4.62. The summed E-state index contributed by atoms with van der Waals surface area (Å²) in [5.41, 5.74) is 6.74. The lowest BCUT2D eigenvalue weighted by atomic mass is 9.95. The highest BCUT2D eigenvalue weighted by molar-refractivity contribution is 5.10. The lowest BCUT2D eigenvalue weighted by Crippen LogP contribution is -2.26. The molecule has 0 unspecified atom stereocenters. The summed E-state index contributed by atoms with van der Waals surface area (Å²) in [4.78, 5) is 11.7. The number of aromatic nitrogens is 1. The summed E-state index contributed by atoms with van der Waals surface area (Å²) in [6.07, 6.45) is 7.98. The Morgan fingerprint density at radius 1 is 1.27 bits per heavy atom. The minimum Gasteiger partial charge on any atom is -0.326 e. The molecule has 1 fully saturated rings. The molecule has 0 radical (unpaired) electrons. The van der Waals surface area contributed by atoms with Crippen molar-refractivity contribution in [2.45, 2.75) is 44.7 Å². The normalized spacial score (nSPS) is 17.9. The van der Waals surface area contributed by atoms with E-state index in [1.807, 2.05) is 16.8 Å². The molecule has 1 heterocycles. The Morgan fingerprint density at radius 3 is 2.67 bits per heavy atom. The smallest absolute Gasteiger partial charge is 0.250 e. The molecule has 2 rings (SSSR count). The van der Waals surface area contributed by atoms with Gasteiger partial charge in [0, 0.05) is 24.8 Å². The maximum atomic E-state index is 11.7. The van der Waals surface area contributed by atoms with Crippen molar-refractivity contribution < 1.29 is 0 Å². The van der Waals surface area contributed by atoms with Crippen molar-refractivity contribution in [3.63, 3.8) is 0 Å². The predicted octanol–water partition coefficient (Wildman–Crippen LogP) is 1.81. The van der Waals surface area contributed by atoms with E-state index in [0.717, 1.165) is 18.4 Å². The van der Waals surface area contributed by atoms with Crippen LogP contribution in [0.15, 0.2) is 23.1 Å². The fourth-order valence-electron chi connectivity index (χ4n) is 2.32. The Bertz CT molecular complexity index is 377. The van der Waals surface area contributed by atoms with Crippen molar-refractivity contribution in [2.75, 3.05) is 0 Å². The Labute approximate surface area is 89.9 Å². The van der Waals surface area contributed by atoms with Crippen LogP contribution in [0.3, 0.4) is 0 Å². The molecule has 15 heavy (non-hydrogen) atoms. The van der Waals surface area contributed by atoms with E-state index < -0.39 is 0 Å². The highest BCUT2D eigenvalue weighted by atomic mass is 16.1. The number of nitrogens with zero attached hydrogens (tertiary/aromatic N) is 1. The fourth-order valence-corrected chi connectivity index (χ4v) is 2.32. The first-order valence-electron chi connectivity index (χ1n) is 5.72. The molecule has 1 aromatic rings. The number of nitrogens with two attached hydrogens (primary N) is 1. The van der Waals surface area contributed by atoms with Crippen LogP contribution < -0.4 is 11.3 Å². The van der Waals surface area contributed by atoms with Crippen molar-refractivity contribution in [1.29, 1.82) is 0 Å². The van der Waals surface area contributed by atoms with Crippen LogP contribution in [0, 0.1) is 0 Å². The molecule has 0 aromatic carbocycles. The summed E-state index contributed by atoms with van der Waals surface area (Å²) < 4.78 is 1.88. The Hall–Kier alpha value is -1.09. The van der Waals surface area contributed by atoms with E-state index in [2.05, 4.69) is 0 Å². The molecule has 1 saturated carbocycles. The van der Waals surface area contributed by atoms with Crippen LogP contribution >= 0.6 is 0 Å². The van der Waals surface area contributed by atoms with Crippen LogP contribution in [-0.2, 0) is 6.54 Å². The monoisotopic (exact) mass is 206 g/mol. The van der Waals surface area contributed by atoms with Gasteiger partial charge in [0.05, 0.1) is 0 Å². The molecule has 0 saturated heterocycles. The Balaban J connectivity index is 2.28. The van der Waals surface area contributed by atoms with Gasteiger partial charge in [-0.3, -0.25) is 4.79 Å². The van der Waals surface area contributed by atoms with Gasteiger partial charge < -0.3 is 10.3 Å². The lowest BCUT2D eigenvalue weighted by molar-refractivity contribution is 0.345. The van der Waals surface area contributed by atoms with Crippen molar-refractivity contribution in [3.05, 3.63) is 34.2 Å². The quantitative estimate of drug-likeness (QED) is 0.802. The first-order chi connectivity index (χ1) is 7.31. The van der Waals surface area contributed by atoms with E-state index >= 15 is 0 Å². The number of hydrogen-bond donors (Lipinski definition) is 1. The van der Waals surface area contributed by atoms with Crippen LogP contribution in [-0.4, -0.2) is 4.57 Å². The molecule has 0 atom stereocenters. The second-order valence-electron chi connectivity index (χ2n) is 4.28. The molecule has 0 spiro atoms. The third-order valence-corrected chi connectivity index (χ3v) is 3.20. The predicted molar refractivity (Wildman–Crippen MR) is 60.7 cm³/mol. The first-order valence-corrected chi connectivity index (χ1v) is 5.72. The van der Waals surface area contributed by atoms with E-state index in [0.29, 0.717) is 12.6 Å². The zero-order valence-electron chi connectivity index (χ0n) is 8.98. The summed E-state index contributed by atoms with van der Waals surface area (Å²) in [6.45, 7) is 0.507. The van der Waals surface area contributed by atoms with Gasteiger partial charge in [0.2, 0.25) is 0 Å². The van der Waals surface area contributed by atoms with Gasteiger partial charge in [-0.1, -0.05) is 25.3 Å². The van der Waals surface area contributed by atoms with Crippen molar-refractivity contribution in [2.24, 2.45) is 5.73 Å². The molecule has 82 valence electrons. The molecule has 1 aromatic heterocycles. The van der Waals surface area contributed by atoms with Crippen molar-refractivity contribution in [3.8, 4) is 0 Å². The molecule has 0 aliphatic heterocycles. The van der Waals surface area contributed by atoms with E-state index in [1.54, 1.807) is 6.07 Å². The minimum absolute atomic E-state index is 0.110. The maximum absolute atomic E-state index is 11.7. The highest BCUT2D eigenvalue weighted by Crippen LogP contribution is 2.26. The molecule has 2 N–H and O–H groups in total. The third-order valence-electron chi connectivity index (χ3n) is 3.20. The molecular weight excluding hydrogens is 188 g/mol. The highest BCUT2D eigenvalue weighted by Gasteiger charge is 2.15. The third kappa shape index (κ3) is 2.29. The molecule has 3 heteroatoms. The van der Waals surface area contributed by atoms with Crippen molar-refractivity contribution in [1.82, 2.24) is 4.57 Å². The van der Waals surface area contributed by atoms with Gasteiger partial charge in [0.25, 0.3) is 5.56 Å². The van der Waals surface area contributed by atoms with Gasteiger partial charge in [-0.05, 0) is 18.4 Å². The topological polar surface area (TPSA) is 48.0 Å². The second-order valence-corrected chi connectivity index (χ2v) is 4.28. The van der Waals surface area contributed by atoms with Gasteiger partial charge in [-0.15, -0.1) is 0 Å². The van der Waals surface area contributed by atoms with Gasteiger partial charge >= 0.3 is 0 Å². The number of hydrogen-bond acceptors (Lipinski definition) is 2. The van der Waals surface area contributed by atoms with E-state index in [9.17, 15) is 4.79 Å². The van der Waals surface area contributed by atoms with E-state index in [1.165, 1.54) is 19.3 Å². The standard InChI is InChI=1S/C12H18N2O/c13-8-10-6-7-12(15)14(9-10)11-4-2-1-3-5-11/h6-7,9,11H,1-5,8,13H2. The molecule has 1 aliphatic rings. The zero-order chi connectivity index (χ0) is 10.7. The van der Waals surface area contributed by atoms with E-state index in [4.69, 9.17) is 5.73 Å². The Kier molecular flexibility index (Phi) is 3.21. The van der Waals surface area contributed by atoms with Crippen LogP contribution in [0.2, 0.25) is 0 Å². The van der Waals surface area contributed by atoms with Crippen LogP contribution in [0.4, 0.5) is 0 Å². The minimum atomic E-state index is 0.110. The van der Waals surface area contributed by atoms with Gasteiger partial charge in [0.15, 0.2) is 0 Å². The maximum Gasteiger partial charge on any atom is 0.250 e. The van der Waals surface area contributed by atoms with E-state index in [-0.39, 0.29) is 5.56 Å². The van der Waals surface area contributed by atoms with Gasteiger partial charge in [0.1, 0.15) is 0 Å². The summed E-state index contributed by atoms with van der Waals surface area (Å²) in [5.74, 6) is 0. The number of pyridine rings is 1. The molecule has 0 amide bonds. The summed E-state index contributed by atoms with van der Waals surface area (Å²) in [7, 11) is 0. The average molecular weight is 206 g/mol. The molecule has 0 bridgehead atoms. The molecule has 1 aliphatic carbocycles. The van der Waals surface area contributed by atoms with Crippen LogP contribution in [0.5, 0.6) is 0 Å².